The molecule has 0 radical (unpaired) electrons. The van der Waals surface area contributed by atoms with Crippen molar-refractivity contribution >= 4 is 29.5 Å². The second-order valence-electron chi connectivity index (χ2n) is 3.56. The summed E-state index contributed by atoms with van der Waals surface area (Å²) in [7, 11) is 1.22. The van der Waals surface area contributed by atoms with Gasteiger partial charge in [0.25, 0.3) is 5.56 Å². The van der Waals surface area contributed by atoms with Crippen LogP contribution in [-0.2, 0) is 14.3 Å². The van der Waals surface area contributed by atoms with E-state index in [1.165, 1.54) is 14.0 Å². The van der Waals surface area contributed by atoms with Crippen molar-refractivity contribution < 1.29 is 14.3 Å². The number of aromatic nitrogens is 2. The van der Waals surface area contributed by atoms with Gasteiger partial charge in [0.15, 0.2) is 5.16 Å². The monoisotopic (exact) mass is 286 g/mol. The van der Waals surface area contributed by atoms with Gasteiger partial charge >= 0.3 is 5.97 Å². The molecule has 0 fully saturated rings. The van der Waals surface area contributed by atoms with E-state index >= 15 is 0 Å². The molecular formula is C10H14N4O4S. The first-order chi connectivity index (χ1) is 8.92. The van der Waals surface area contributed by atoms with E-state index in [4.69, 9.17) is 5.73 Å². The number of carbonyl (C=O) groups excluding carboxylic acids is 2. The number of ether oxygens (including phenoxy) is 1. The summed E-state index contributed by atoms with van der Waals surface area (Å²) in [5, 5.41) is 2.71. The van der Waals surface area contributed by atoms with E-state index in [0.29, 0.717) is 0 Å². The molecule has 0 aromatic carbocycles. The number of nitrogens with one attached hydrogen (secondary N) is 2. The van der Waals surface area contributed by atoms with Crippen LogP contribution in [-0.4, -0.2) is 40.7 Å². The fraction of sp³-hybridized carbons (Fsp3) is 0.400. The van der Waals surface area contributed by atoms with Crippen molar-refractivity contribution in [1.29, 1.82) is 0 Å². The summed E-state index contributed by atoms with van der Waals surface area (Å²) in [6, 6.07) is 0.328. The molecule has 0 saturated carbocycles. The normalized spacial score (nSPS) is 11.7. The highest BCUT2D eigenvalue weighted by molar-refractivity contribution is 7.99. The van der Waals surface area contributed by atoms with Gasteiger partial charge in [-0.15, -0.1) is 0 Å². The number of carbonyl (C=O) groups is 2. The lowest BCUT2D eigenvalue weighted by Gasteiger charge is -2.14. The lowest BCUT2D eigenvalue weighted by atomic mass is 10.3. The second kappa shape index (κ2) is 6.78. The van der Waals surface area contributed by atoms with Gasteiger partial charge in [-0.05, 0) is 0 Å². The van der Waals surface area contributed by atoms with Crippen LogP contribution in [0.15, 0.2) is 16.0 Å². The standard InChI is InChI=1S/C10H14N4O4S/c1-5(15)12-6(9(17)18-2)4-19-10-13-7(11)3-8(16)14-10/h3,6H,4H2,1-2H3,(H,12,15)(H3,11,13,14,16). The molecule has 1 unspecified atom stereocenters. The van der Waals surface area contributed by atoms with Crippen LogP contribution in [0.3, 0.4) is 0 Å². The summed E-state index contributed by atoms with van der Waals surface area (Å²) in [6.07, 6.45) is 0. The van der Waals surface area contributed by atoms with Gasteiger partial charge in [-0.2, -0.15) is 0 Å². The summed E-state index contributed by atoms with van der Waals surface area (Å²) in [4.78, 5) is 39.9. The summed E-state index contributed by atoms with van der Waals surface area (Å²) in [6.45, 7) is 1.29. The lowest BCUT2D eigenvalue weighted by Crippen LogP contribution is -2.42. The van der Waals surface area contributed by atoms with Crippen LogP contribution in [0, 0.1) is 0 Å². The Labute approximate surface area is 113 Å². The fourth-order valence-electron chi connectivity index (χ4n) is 1.24. The molecule has 0 bridgehead atoms. The number of anilines is 1. The first kappa shape index (κ1) is 15.0. The van der Waals surface area contributed by atoms with Gasteiger partial charge in [-0.25, -0.2) is 9.78 Å². The number of hydrogen-bond donors (Lipinski definition) is 3. The van der Waals surface area contributed by atoms with Crippen LogP contribution in [0.2, 0.25) is 0 Å². The third-order valence-corrected chi connectivity index (χ3v) is 2.96. The van der Waals surface area contributed by atoms with E-state index in [1.54, 1.807) is 0 Å². The zero-order chi connectivity index (χ0) is 14.4. The molecule has 9 heteroatoms. The number of H-pyrrole nitrogens is 1. The quantitative estimate of drug-likeness (QED) is 0.364. The maximum absolute atomic E-state index is 11.4. The van der Waals surface area contributed by atoms with E-state index in [1.807, 2.05) is 0 Å². The number of rotatable bonds is 5. The van der Waals surface area contributed by atoms with Crippen LogP contribution in [0.5, 0.6) is 0 Å². The van der Waals surface area contributed by atoms with Crippen molar-refractivity contribution in [2.24, 2.45) is 0 Å². The number of nitrogens with two attached hydrogens (primary N) is 1. The maximum atomic E-state index is 11.4. The summed E-state index contributed by atoms with van der Waals surface area (Å²) in [5.74, 6) is -0.682. The first-order valence-electron chi connectivity index (χ1n) is 5.27. The number of hydrogen-bond acceptors (Lipinski definition) is 7. The zero-order valence-electron chi connectivity index (χ0n) is 10.4. The number of thioether (sulfide) groups is 1. The smallest absolute Gasteiger partial charge is 0.329 e. The predicted octanol–water partition coefficient (Wildman–Crippen LogP) is -0.878. The average molecular weight is 286 g/mol. The Hall–Kier alpha value is -2.03. The molecule has 1 aromatic rings. The van der Waals surface area contributed by atoms with Crippen molar-refractivity contribution in [3.05, 3.63) is 16.4 Å². The Morgan fingerprint density at radius 3 is 2.84 bits per heavy atom. The number of nitrogens with zero attached hydrogens (tertiary/aromatic N) is 1. The summed E-state index contributed by atoms with van der Waals surface area (Å²) >= 11 is 1.08. The molecule has 104 valence electrons. The van der Waals surface area contributed by atoms with E-state index in [-0.39, 0.29) is 28.2 Å². The molecule has 8 nitrogen and oxygen atoms in total. The molecule has 0 spiro atoms. The third-order valence-electron chi connectivity index (χ3n) is 1.99. The van der Waals surface area contributed by atoms with Gasteiger partial charge in [0, 0.05) is 18.7 Å². The third kappa shape index (κ3) is 5.00. The van der Waals surface area contributed by atoms with Crippen molar-refractivity contribution in [3.8, 4) is 0 Å². The van der Waals surface area contributed by atoms with Gasteiger partial charge in [0.2, 0.25) is 5.91 Å². The maximum Gasteiger partial charge on any atom is 0.329 e. The van der Waals surface area contributed by atoms with Crippen LogP contribution < -0.4 is 16.6 Å². The summed E-state index contributed by atoms with van der Waals surface area (Å²) < 4.78 is 4.57. The second-order valence-corrected chi connectivity index (χ2v) is 4.57. The Morgan fingerprint density at radius 1 is 1.63 bits per heavy atom. The van der Waals surface area contributed by atoms with Crippen LogP contribution in [0.4, 0.5) is 5.82 Å². The highest BCUT2D eigenvalue weighted by Crippen LogP contribution is 2.13. The molecule has 1 rings (SSSR count). The van der Waals surface area contributed by atoms with Crippen LogP contribution >= 0.6 is 11.8 Å². The van der Waals surface area contributed by atoms with Crippen molar-refractivity contribution in [1.82, 2.24) is 15.3 Å². The largest absolute Gasteiger partial charge is 0.467 e. The molecule has 1 aromatic heterocycles. The van der Waals surface area contributed by atoms with Gasteiger partial charge in [0.1, 0.15) is 11.9 Å². The molecule has 1 amide bonds. The fourth-order valence-corrected chi connectivity index (χ4v) is 2.13. The average Bonchev–Trinajstić information content (AvgIpc) is 2.31. The van der Waals surface area contributed by atoms with E-state index in [9.17, 15) is 14.4 Å². The predicted molar refractivity (Wildman–Crippen MR) is 69.6 cm³/mol. The Morgan fingerprint density at radius 2 is 2.32 bits per heavy atom. The number of methoxy groups -OCH3 is 1. The topological polar surface area (TPSA) is 127 Å². The Kier molecular flexibility index (Phi) is 5.37. The first-order valence-corrected chi connectivity index (χ1v) is 6.25. The molecule has 0 aliphatic heterocycles. The van der Waals surface area contributed by atoms with Crippen molar-refractivity contribution in [2.45, 2.75) is 18.1 Å². The molecule has 0 aliphatic carbocycles. The van der Waals surface area contributed by atoms with Crippen LogP contribution in [0.25, 0.3) is 0 Å². The minimum atomic E-state index is -0.820. The van der Waals surface area contributed by atoms with Crippen LogP contribution in [0.1, 0.15) is 6.92 Å². The molecule has 19 heavy (non-hydrogen) atoms. The minimum Gasteiger partial charge on any atom is -0.467 e. The van der Waals surface area contributed by atoms with E-state index in [0.717, 1.165) is 17.8 Å². The van der Waals surface area contributed by atoms with Crippen molar-refractivity contribution in [3.63, 3.8) is 0 Å². The summed E-state index contributed by atoms with van der Waals surface area (Å²) in [5.41, 5.74) is 5.04. The molecule has 0 saturated heterocycles. The molecule has 0 aliphatic rings. The highest BCUT2D eigenvalue weighted by Gasteiger charge is 2.20. The molecule has 1 atom stereocenters. The van der Waals surface area contributed by atoms with Gasteiger partial charge in [-0.1, -0.05) is 11.8 Å². The zero-order valence-corrected chi connectivity index (χ0v) is 11.2. The molecular weight excluding hydrogens is 272 g/mol. The van der Waals surface area contributed by atoms with Crippen molar-refractivity contribution in [2.75, 3.05) is 18.6 Å². The molecule has 4 N–H and O–H groups in total. The van der Waals surface area contributed by atoms with Gasteiger partial charge in [0.05, 0.1) is 7.11 Å². The highest BCUT2D eigenvalue weighted by atomic mass is 32.2. The number of aromatic amines is 1. The Bertz CT molecular complexity index is 531. The minimum absolute atomic E-state index is 0.0837. The number of amides is 1. The van der Waals surface area contributed by atoms with E-state index < -0.39 is 12.0 Å². The molecule has 1 heterocycles. The number of esters is 1. The lowest BCUT2D eigenvalue weighted by molar-refractivity contribution is -0.144. The van der Waals surface area contributed by atoms with Gasteiger partial charge < -0.3 is 20.8 Å². The Balaban J connectivity index is 2.72. The SMILES string of the molecule is COC(=O)C(CSc1nc(N)cc(=O)[nH]1)NC(C)=O. The number of nitrogen functional groups attached to an aromatic ring is 1. The van der Waals surface area contributed by atoms with Gasteiger partial charge in [-0.3, -0.25) is 9.59 Å². The van der Waals surface area contributed by atoms with E-state index in [2.05, 4.69) is 20.0 Å².